The second-order valence-electron chi connectivity index (χ2n) is 8.36. The summed E-state index contributed by atoms with van der Waals surface area (Å²) >= 11 is 12.0. The van der Waals surface area contributed by atoms with Crippen LogP contribution in [0.1, 0.15) is 21.5 Å². The first-order valence-corrected chi connectivity index (χ1v) is 12.8. The molecule has 2 amide bonds. The van der Waals surface area contributed by atoms with Crippen molar-refractivity contribution in [3.8, 4) is 17.2 Å². The number of halogens is 2. The van der Waals surface area contributed by atoms with Crippen LogP contribution in [0.25, 0.3) is 0 Å². The molecule has 0 aromatic heterocycles. The van der Waals surface area contributed by atoms with E-state index in [1.54, 1.807) is 60.7 Å². The van der Waals surface area contributed by atoms with Gasteiger partial charge in [0.15, 0.2) is 18.1 Å². The predicted molar refractivity (Wildman–Crippen MR) is 156 cm³/mol. The van der Waals surface area contributed by atoms with Crippen molar-refractivity contribution in [1.82, 2.24) is 5.43 Å². The number of amides is 2. The van der Waals surface area contributed by atoms with Gasteiger partial charge in [0.1, 0.15) is 12.4 Å². The minimum atomic E-state index is -0.462. The Labute approximate surface area is 241 Å². The average molecular weight is 578 g/mol. The molecule has 0 aliphatic carbocycles. The van der Waals surface area contributed by atoms with Crippen molar-refractivity contribution in [3.05, 3.63) is 118 Å². The highest BCUT2D eigenvalue weighted by Crippen LogP contribution is 2.29. The molecule has 2 N–H and O–H groups in total. The number of methoxy groups -OCH3 is 1. The summed E-state index contributed by atoms with van der Waals surface area (Å²) in [6, 6.07) is 26.1. The summed E-state index contributed by atoms with van der Waals surface area (Å²) in [6.07, 6.45) is 1.38. The third-order valence-corrected chi connectivity index (χ3v) is 5.98. The molecule has 0 aliphatic heterocycles. The lowest BCUT2D eigenvalue weighted by molar-refractivity contribution is -0.118. The van der Waals surface area contributed by atoms with Gasteiger partial charge in [-0.25, -0.2) is 5.43 Å². The second-order valence-corrected chi connectivity index (χ2v) is 9.24. The number of hydrogen-bond acceptors (Lipinski definition) is 6. The smallest absolute Gasteiger partial charge is 0.271 e. The molecule has 0 fully saturated rings. The summed E-state index contributed by atoms with van der Waals surface area (Å²) in [5, 5.41) is 7.74. The Kier molecular flexibility index (Phi) is 9.99. The Morgan fingerprint density at radius 3 is 2.30 bits per heavy atom. The van der Waals surface area contributed by atoms with E-state index in [-0.39, 0.29) is 12.5 Å². The number of carbonyl (C=O) groups excluding carboxylic acids is 2. The maximum atomic E-state index is 12.7. The lowest BCUT2D eigenvalue weighted by Gasteiger charge is -2.12. The fourth-order valence-corrected chi connectivity index (χ4v) is 3.82. The molecule has 0 saturated carbocycles. The number of anilines is 1. The molecule has 10 heteroatoms. The van der Waals surface area contributed by atoms with Crippen LogP contribution in [0.15, 0.2) is 96.1 Å². The van der Waals surface area contributed by atoms with E-state index in [1.165, 1.54) is 13.3 Å². The zero-order valence-electron chi connectivity index (χ0n) is 21.4. The van der Waals surface area contributed by atoms with Gasteiger partial charge in [0.2, 0.25) is 0 Å². The number of benzene rings is 4. The third-order valence-electron chi connectivity index (χ3n) is 5.49. The molecule has 4 aromatic rings. The number of rotatable bonds is 11. The van der Waals surface area contributed by atoms with E-state index in [2.05, 4.69) is 15.8 Å². The molecule has 40 heavy (non-hydrogen) atoms. The van der Waals surface area contributed by atoms with Gasteiger partial charge in [-0.3, -0.25) is 9.59 Å². The number of ether oxygens (including phenoxy) is 3. The van der Waals surface area contributed by atoms with Crippen molar-refractivity contribution in [2.75, 3.05) is 19.0 Å². The normalized spacial score (nSPS) is 10.7. The standard InChI is InChI=1S/C30H25Cl2N3O5/c1-38-28-16-21(7-13-27(28)39-18-20-5-3-2-4-6-20)30(37)35-33-17-22-15-24(32)10-14-26(22)40-19-29(36)34-25-11-8-23(31)9-12-25/h2-17H,18-19H2,1H3,(H,34,36)(H,35,37)/b33-17+. The van der Waals surface area contributed by atoms with E-state index in [0.29, 0.717) is 50.7 Å². The van der Waals surface area contributed by atoms with Gasteiger partial charge >= 0.3 is 0 Å². The summed E-state index contributed by atoms with van der Waals surface area (Å²) in [6.45, 7) is 0.107. The van der Waals surface area contributed by atoms with E-state index < -0.39 is 5.91 Å². The van der Waals surface area contributed by atoms with Crippen LogP contribution in [0.3, 0.4) is 0 Å². The Hall–Kier alpha value is -4.53. The van der Waals surface area contributed by atoms with Gasteiger partial charge in [-0.15, -0.1) is 0 Å². The minimum Gasteiger partial charge on any atom is -0.493 e. The van der Waals surface area contributed by atoms with Crippen molar-refractivity contribution < 1.29 is 23.8 Å². The maximum Gasteiger partial charge on any atom is 0.271 e. The summed E-state index contributed by atoms with van der Waals surface area (Å²) in [5.74, 6) is 0.451. The lowest BCUT2D eigenvalue weighted by atomic mass is 10.2. The molecule has 4 rings (SSSR count). The second kappa shape index (κ2) is 14.0. The fraction of sp³-hybridized carbons (Fsp3) is 0.100. The molecule has 0 heterocycles. The summed E-state index contributed by atoms with van der Waals surface area (Å²) < 4.78 is 16.9. The highest BCUT2D eigenvalue weighted by Gasteiger charge is 2.12. The number of carbonyl (C=O) groups is 2. The molecule has 0 spiro atoms. The zero-order valence-corrected chi connectivity index (χ0v) is 22.9. The largest absolute Gasteiger partial charge is 0.493 e. The Bertz CT molecular complexity index is 1500. The monoisotopic (exact) mass is 577 g/mol. The molecule has 0 saturated heterocycles. The number of hydrogen-bond donors (Lipinski definition) is 2. The fourth-order valence-electron chi connectivity index (χ4n) is 3.51. The molecule has 0 aliphatic rings. The Balaban J connectivity index is 1.35. The molecule has 8 nitrogen and oxygen atoms in total. The van der Waals surface area contributed by atoms with Gasteiger partial charge in [0, 0.05) is 26.9 Å². The first-order valence-electron chi connectivity index (χ1n) is 12.1. The molecule has 0 atom stereocenters. The van der Waals surface area contributed by atoms with Crippen LogP contribution in [-0.2, 0) is 11.4 Å². The molecular formula is C30H25Cl2N3O5. The van der Waals surface area contributed by atoms with E-state index in [9.17, 15) is 9.59 Å². The van der Waals surface area contributed by atoms with E-state index in [4.69, 9.17) is 37.4 Å². The molecule has 0 unspecified atom stereocenters. The van der Waals surface area contributed by atoms with Crippen LogP contribution in [0.2, 0.25) is 10.0 Å². The van der Waals surface area contributed by atoms with Crippen LogP contribution < -0.4 is 25.0 Å². The molecule has 4 aromatic carbocycles. The highest BCUT2D eigenvalue weighted by molar-refractivity contribution is 6.31. The molecular weight excluding hydrogens is 553 g/mol. The summed E-state index contributed by atoms with van der Waals surface area (Å²) in [7, 11) is 1.50. The van der Waals surface area contributed by atoms with Crippen molar-refractivity contribution in [2.24, 2.45) is 5.10 Å². The molecule has 204 valence electrons. The summed E-state index contributed by atoms with van der Waals surface area (Å²) in [5.41, 5.74) is 4.85. The number of nitrogens with one attached hydrogen (secondary N) is 2. The summed E-state index contributed by atoms with van der Waals surface area (Å²) in [4.78, 5) is 25.0. The average Bonchev–Trinajstić information content (AvgIpc) is 2.97. The quantitative estimate of drug-likeness (QED) is 0.159. The van der Waals surface area contributed by atoms with Crippen LogP contribution in [0.4, 0.5) is 5.69 Å². The minimum absolute atomic E-state index is 0.254. The van der Waals surface area contributed by atoms with Crippen LogP contribution in [0, 0.1) is 0 Å². The van der Waals surface area contributed by atoms with Gasteiger partial charge in [-0.05, 0) is 66.2 Å². The van der Waals surface area contributed by atoms with Crippen LogP contribution in [0.5, 0.6) is 17.2 Å². The zero-order chi connectivity index (χ0) is 28.3. The topological polar surface area (TPSA) is 98.3 Å². The van der Waals surface area contributed by atoms with Crippen molar-refractivity contribution in [2.45, 2.75) is 6.61 Å². The van der Waals surface area contributed by atoms with Gasteiger partial charge in [0.05, 0.1) is 13.3 Å². The first kappa shape index (κ1) is 28.5. The van der Waals surface area contributed by atoms with Crippen molar-refractivity contribution >= 4 is 46.9 Å². The van der Waals surface area contributed by atoms with E-state index in [0.717, 1.165) is 5.56 Å². The SMILES string of the molecule is COc1cc(C(=O)N/N=C/c2cc(Cl)ccc2OCC(=O)Nc2ccc(Cl)cc2)ccc1OCc1ccccc1. The van der Waals surface area contributed by atoms with Gasteiger partial charge in [-0.2, -0.15) is 5.10 Å². The lowest BCUT2D eigenvalue weighted by Crippen LogP contribution is -2.20. The highest BCUT2D eigenvalue weighted by atomic mass is 35.5. The van der Waals surface area contributed by atoms with Crippen LogP contribution in [-0.4, -0.2) is 31.7 Å². The van der Waals surface area contributed by atoms with E-state index in [1.807, 2.05) is 30.3 Å². The molecule has 0 bridgehead atoms. The predicted octanol–water partition coefficient (Wildman–Crippen LogP) is 6.36. The van der Waals surface area contributed by atoms with Gasteiger partial charge < -0.3 is 19.5 Å². The molecule has 0 radical (unpaired) electrons. The van der Waals surface area contributed by atoms with E-state index >= 15 is 0 Å². The number of hydrazone groups is 1. The Morgan fingerprint density at radius 2 is 1.55 bits per heavy atom. The van der Waals surface area contributed by atoms with Gasteiger partial charge in [-0.1, -0.05) is 53.5 Å². The Morgan fingerprint density at radius 1 is 0.825 bits per heavy atom. The third kappa shape index (κ3) is 8.23. The van der Waals surface area contributed by atoms with Crippen LogP contribution >= 0.6 is 23.2 Å². The maximum absolute atomic E-state index is 12.7. The van der Waals surface area contributed by atoms with Crippen molar-refractivity contribution in [3.63, 3.8) is 0 Å². The van der Waals surface area contributed by atoms with Gasteiger partial charge in [0.25, 0.3) is 11.8 Å². The number of nitrogens with zero attached hydrogens (tertiary/aromatic N) is 1. The van der Waals surface area contributed by atoms with Crippen molar-refractivity contribution in [1.29, 1.82) is 0 Å². The first-order chi connectivity index (χ1) is 19.4.